The number of aromatic nitrogens is 2. The summed E-state index contributed by atoms with van der Waals surface area (Å²) in [6, 6.07) is 6.72. The van der Waals surface area contributed by atoms with Crippen LogP contribution in [0.4, 0.5) is 4.39 Å². The number of hydrogen-bond acceptors (Lipinski definition) is 2. The summed E-state index contributed by atoms with van der Waals surface area (Å²) >= 11 is 0. The quantitative estimate of drug-likeness (QED) is 0.849. The van der Waals surface area contributed by atoms with Crippen LogP contribution >= 0.6 is 0 Å². The van der Waals surface area contributed by atoms with E-state index in [-0.39, 0.29) is 0 Å². The third kappa shape index (κ3) is 2.09. The van der Waals surface area contributed by atoms with Crippen molar-refractivity contribution in [3.8, 4) is 17.5 Å². The van der Waals surface area contributed by atoms with Crippen molar-refractivity contribution in [2.75, 3.05) is 0 Å². The molecule has 4 heteroatoms. The maximum absolute atomic E-state index is 13.3. The van der Waals surface area contributed by atoms with Crippen LogP contribution in [0.1, 0.15) is 37.1 Å². The lowest BCUT2D eigenvalue weighted by molar-refractivity contribution is 0.481. The highest BCUT2D eigenvalue weighted by Crippen LogP contribution is 2.41. The molecule has 0 radical (unpaired) electrons. The van der Waals surface area contributed by atoms with Gasteiger partial charge in [-0.25, -0.2) is 9.37 Å². The van der Waals surface area contributed by atoms with Crippen molar-refractivity contribution in [1.29, 1.82) is 5.26 Å². The maximum atomic E-state index is 13.3. The van der Waals surface area contributed by atoms with Gasteiger partial charge in [-0.3, -0.25) is 0 Å². The zero-order valence-corrected chi connectivity index (χ0v) is 11.6. The smallest absolute Gasteiger partial charge is 0.141 e. The van der Waals surface area contributed by atoms with Crippen molar-refractivity contribution in [2.45, 2.75) is 32.7 Å². The van der Waals surface area contributed by atoms with Crippen LogP contribution in [0.2, 0.25) is 0 Å². The van der Waals surface area contributed by atoms with Crippen LogP contribution in [-0.2, 0) is 0 Å². The Morgan fingerprint density at radius 3 is 2.85 bits per heavy atom. The highest BCUT2D eigenvalue weighted by atomic mass is 19.1. The number of benzene rings is 1. The lowest BCUT2D eigenvalue weighted by Gasteiger charge is -2.18. The predicted molar refractivity (Wildman–Crippen MR) is 74.5 cm³/mol. The standard InChI is InChI=1S/C16H16FN3/c1-10-9-19-16(20(10)11(2)12-3-4-12)15-6-5-14(17)7-13(15)8-18/h5-7,9,11-12H,3-4H2,1-2H3. The molecule has 1 heterocycles. The van der Waals surface area contributed by atoms with E-state index in [2.05, 4.69) is 22.5 Å². The Hall–Kier alpha value is -2.15. The molecular formula is C16H16FN3. The van der Waals surface area contributed by atoms with Crippen molar-refractivity contribution in [1.82, 2.24) is 9.55 Å². The molecule has 0 aliphatic heterocycles. The molecule has 2 aromatic rings. The Morgan fingerprint density at radius 1 is 1.45 bits per heavy atom. The van der Waals surface area contributed by atoms with Gasteiger partial charge < -0.3 is 4.57 Å². The summed E-state index contributed by atoms with van der Waals surface area (Å²) in [5, 5.41) is 9.21. The van der Waals surface area contributed by atoms with E-state index >= 15 is 0 Å². The van der Waals surface area contributed by atoms with Crippen LogP contribution in [-0.4, -0.2) is 9.55 Å². The fourth-order valence-electron chi connectivity index (χ4n) is 2.75. The number of imidazole rings is 1. The summed E-state index contributed by atoms with van der Waals surface area (Å²) < 4.78 is 15.4. The van der Waals surface area contributed by atoms with Gasteiger partial charge in [-0.15, -0.1) is 0 Å². The summed E-state index contributed by atoms with van der Waals surface area (Å²) in [6.07, 6.45) is 4.30. The second-order valence-corrected chi connectivity index (χ2v) is 5.47. The van der Waals surface area contributed by atoms with Gasteiger partial charge in [0.1, 0.15) is 11.6 Å². The van der Waals surface area contributed by atoms with E-state index in [1.807, 2.05) is 13.1 Å². The second-order valence-electron chi connectivity index (χ2n) is 5.47. The zero-order valence-electron chi connectivity index (χ0n) is 11.6. The fourth-order valence-corrected chi connectivity index (χ4v) is 2.75. The SMILES string of the molecule is Cc1cnc(-c2ccc(F)cc2C#N)n1C(C)C1CC1. The molecule has 3 nitrogen and oxygen atoms in total. The topological polar surface area (TPSA) is 41.6 Å². The normalized spacial score (nSPS) is 15.9. The molecule has 1 aromatic heterocycles. The van der Waals surface area contributed by atoms with Crippen molar-refractivity contribution in [2.24, 2.45) is 5.92 Å². The van der Waals surface area contributed by atoms with E-state index in [4.69, 9.17) is 0 Å². The Morgan fingerprint density at radius 2 is 2.20 bits per heavy atom. The number of aryl methyl sites for hydroxylation is 1. The van der Waals surface area contributed by atoms with Crippen LogP contribution in [0.5, 0.6) is 0 Å². The van der Waals surface area contributed by atoms with Crippen molar-refractivity contribution in [3.63, 3.8) is 0 Å². The maximum Gasteiger partial charge on any atom is 0.141 e. The van der Waals surface area contributed by atoms with E-state index < -0.39 is 5.82 Å². The Bertz CT molecular complexity index is 692. The summed E-state index contributed by atoms with van der Waals surface area (Å²) in [5.74, 6) is 1.06. The molecule has 0 spiro atoms. The lowest BCUT2D eigenvalue weighted by Crippen LogP contribution is -2.11. The minimum atomic E-state index is -0.393. The largest absolute Gasteiger partial charge is 0.325 e. The Kier molecular flexibility index (Phi) is 3.06. The van der Waals surface area contributed by atoms with Crippen LogP contribution in [0.15, 0.2) is 24.4 Å². The molecule has 1 unspecified atom stereocenters. The molecule has 1 aliphatic carbocycles. The first kappa shape index (κ1) is 12.9. The molecule has 1 saturated carbocycles. The fraction of sp³-hybridized carbons (Fsp3) is 0.375. The van der Waals surface area contributed by atoms with Crippen molar-refractivity contribution >= 4 is 0 Å². The van der Waals surface area contributed by atoms with E-state index in [1.54, 1.807) is 6.07 Å². The van der Waals surface area contributed by atoms with Gasteiger partial charge in [-0.2, -0.15) is 5.26 Å². The summed E-state index contributed by atoms with van der Waals surface area (Å²) in [7, 11) is 0. The number of nitrogens with zero attached hydrogens (tertiary/aromatic N) is 3. The molecule has 1 atom stereocenters. The summed E-state index contributed by atoms with van der Waals surface area (Å²) in [6.45, 7) is 4.20. The number of rotatable bonds is 3. The third-order valence-electron chi connectivity index (χ3n) is 4.04. The predicted octanol–water partition coefficient (Wildman–Crippen LogP) is 3.84. The monoisotopic (exact) mass is 269 g/mol. The van der Waals surface area contributed by atoms with Gasteiger partial charge in [-0.05, 0) is 50.8 Å². The molecule has 0 N–H and O–H groups in total. The van der Waals surface area contributed by atoms with Crippen LogP contribution in [0, 0.1) is 30.0 Å². The molecule has 3 rings (SSSR count). The molecule has 1 aromatic carbocycles. The first-order valence-corrected chi connectivity index (χ1v) is 6.85. The average molecular weight is 269 g/mol. The van der Waals surface area contributed by atoms with Gasteiger partial charge in [0, 0.05) is 23.5 Å². The number of nitriles is 1. The second kappa shape index (κ2) is 4.75. The summed E-state index contributed by atoms with van der Waals surface area (Å²) in [5.41, 5.74) is 2.11. The molecule has 0 bridgehead atoms. The van der Waals surface area contributed by atoms with Crippen LogP contribution < -0.4 is 0 Å². The molecule has 1 fully saturated rings. The molecule has 20 heavy (non-hydrogen) atoms. The van der Waals surface area contributed by atoms with Crippen molar-refractivity contribution < 1.29 is 4.39 Å². The highest BCUT2D eigenvalue weighted by molar-refractivity contribution is 5.65. The van der Waals surface area contributed by atoms with Gasteiger partial charge in [0.15, 0.2) is 0 Å². The van der Waals surface area contributed by atoms with Crippen LogP contribution in [0.25, 0.3) is 11.4 Å². The molecule has 0 amide bonds. The van der Waals surface area contributed by atoms with Gasteiger partial charge in [0.05, 0.1) is 11.6 Å². The molecule has 0 saturated heterocycles. The molecule has 102 valence electrons. The van der Waals surface area contributed by atoms with E-state index in [1.165, 1.54) is 25.0 Å². The first-order chi connectivity index (χ1) is 9.61. The van der Waals surface area contributed by atoms with E-state index in [0.29, 0.717) is 23.1 Å². The molecular weight excluding hydrogens is 253 g/mol. The Balaban J connectivity index is 2.13. The number of hydrogen-bond donors (Lipinski definition) is 0. The minimum Gasteiger partial charge on any atom is -0.325 e. The first-order valence-electron chi connectivity index (χ1n) is 6.85. The van der Waals surface area contributed by atoms with Gasteiger partial charge in [-0.1, -0.05) is 0 Å². The highest BCUT2D eigenvalue weighted by Gasteiger charge is 2.31. The van der Waals surface area contributed by atoms with Gasteiger partial charge in [0.25, 0.3) is 0 Å². The molecule has 1 aliphatic rings. The number of halogens is 1. The van der Waals surface area contributed by atoms with Crippen LogP contribution in [0.3, 0.4) is 0 Å². The van der Waals surface area contributed by atoms with Gasteiger partial charge in [0.2, 0.25) is 0 Å². The minimum absolute atomic E-state index is 0.333. The van der Waals surface area contributed by atoms with E-state index in [0.717, 1.165) is 11.5 Å². The lowest BCUT2D eigenvalue weighted by atomic mass is 10.1. The van der Waals surface area contributed by atoms with E-state index in [9.17, 15) is 9.65 Å². The summed E-state index contributed by atoms with van der Waals surface area (Å²) in [4.78, 5) is 4.44. The third-order valence-corrected chi connectivity index (χ3v) is 4.04. The van der Waals surface area contributed by atoms with Crippen molar-refractivity contribution in [3.05, 3.63) is 41.5 Å². The average Bonchev–Trinajstić information content (AvgIpc) is 3.21. The zero-order chi connectivity index (χ0) is 14.3. The Labute approximate surface area is 117 Å². The van der Waals surface area contributed by atoms with Gasteiger partial charge >= 0.3 is 0 Å².